The maximum atomic E-state index is 12.3. The molecular weight excluding hydrogens is 252 g/mol. The number of para-hydroxylation sites is 2. The highest BCUT2D eigenvalue weighted by Gasteiger charge is 2.12. The van der Waals surface area contributed by atoms with Crippen molar-refractivity contribution in [3.8, 4) is 5.75 Å². The van der Waals surface area contributed by atoms with Crippen LogP contribution in [0, 0.1) is 6.92 Å². The van der Waals surface area contributed by atoms with E-state index in [1.165, 1.54) is 0 Å². The van der Waals surface area contributed by atoms with E-state index in [0.717, 1.165) is 5.56 Å². The zero-order valence-corrected chi connectivity index (χ0v) is 11.6. The van der Waals surface area contributed by atoms with E-state index in [4.69, 9.17) is 10.5 Å². The average Bonchev–Trinajstić information content (AvgIpc) is 2.44. The van der Waals surface area contributed by atoms with Gasteiger partial charge < -0.3 is 15.8 Å². The molecule has 2 rings (SSSR count). The highest BCUT2D eigenvalue weighted by atomic mass is 16.5. The van der Waals surface area contributed by atoms with Crippen LogP contribution >= 0.6 is 0 Å². The van der Waals surface area contributed by atoms with E-state index in [9.17, 15) is 4.79 Å². The molecule has 4 heteroatoms. The van der Waals surface area contributed by atoms with Gasteiger partial charge in [0.15, 0.2) is 0 Å². The van der Waals surface area contributed by atoms with Crippen molar-refractivity contribution in [2.75, 3.05) is 17.7 Å². The molecule has 0 aromatic heterocycles. The number of nitrogen functional groups attached to an aromatic ring is 1. The van der Waals surface area contributed by atoms with Gasteiger partial charge in [-0.05, 0) is 43.7 Å². The Morgan fingerprint density at radius 3 is 2.70 bits per heavy atom. The molecule has 4 nitrogen and oxygen atoms in total. The second-order valence-electron chi connectivity index (χ2n) is 4.40. The van der Waals surface area contributed by atoms with Crippen LogP contribution in [0.4, 0.5) is 11.4 Å². The Balaban J connectivity index is 2.26. The summed E-state index contributed by atoms with van der Waals surface area (Å²) in [4.78, 5) is 12.3. The molecule has 0 spiro atoms. The number of rotatable bonds is 4. The van der Waals surface area contributed by atoms with Crippen LogP contribution < -0.4 is 15.8 Å². The molecule has 0 atom stereocenters. The number of ether oxygens (including phenoxy) is 1. The second kappa shape index (κ2) is 6.10. The van der Waals surface area contributed by atoms with Gasteiger partial charge in [-0.3, -0.25) is 4.79 Å². The lowest BCUT2D eigenvalue weighted by molar-refractivity contribution is 0.102. The maximum absolute atomic E-state index is 12.3. The molecule has 0 aliphatic carbocycles. The average molecular weight is 270 g/mol. The van der Waals surface area contributed by atoms with E-state index in [1.807, 2.05) is 38.1 Å². The van der Waals surface area contributed by atoms with Crippen LogP contribution in [0.1, 0.15) is 22.8 Å². The number of nitrogens with one attached hydrogen (secondary N) is 1. The van der Waals surface area contributed by atoms with Crippen LogP contribution in [0.2, 0.25) is 0 Å². The number of nitrogens with two attached hydrogens (primary N) is 1. The smallest absolute Gasteiger partial charge is 0.256 e. The molecule has 3 N–H and O–H groups in total. The number of carbonyl (C=O) groups excluding carboxylic acids is 1. The summed E-state index contributed by atoms with van der Waals surface area (Å²) in [5, 5.41) is 2.86. The SMILES string of the molecule is CCOc1ccccc1NC(=O)c1cccc(N)c1C. The first-order valence-corrected chi connectivity index (χ1v) is 6.51. The molecule has 104 valence electrons. The van der Waals surface area contributed by atoms with Gasteiger partial charge in [0.2, 0.25) is 0 Å². The Hall–Kier alpha value is -2.49. The number of benzene rings is 2. The molecule has 0 heterocycles. The van der Waals surface area contributed by atoms with E-state index >= 15 is 0 Å². The number of anilines is 2. The summed E-state index contributed by atoms with van der Waals surface area (Å²) >= 11 is 0. The molecule has 0 saturated heterocycles. The molecule has 20 heavy (non-hydrogen) atoms. The van der Waals surface area contributed by atoms with Crippen molar-refractivity contribution in [1.82, 2.24) is 0 Å². The quantitative estimate of drug-likeness (QED) is 0.838. The second-order valence-corrected chi connectivity index (χ2v) is 4.40. The zero-order valence-electron chi connectivity index (χ0n) is 11.6. The molecule has 0 radical (unpaired) electrons. The third-order valence-electron chi connectivity index (χ3n) is 3.06. The number of hydrogen-bond donors (Lipinski definition) is 2. The summed E-state index contributed by atoms with van der Waals surface area (Å²) in [6, 6.07) is 12.7. The molecule has 2 aromatic carbocycles. The lowest BCUT2D eigenvalue weighted by atomic mass is 10.1. The summed E-state index contributed by atoms with van der Waals surface area (Å²) in [5.41, 5.74) is 8.43. The topological polar surface area (TPSA) is 64.3 Å². The number of amides is 1. The number of carbonyl (C=O) groups is 1. The molecule has 0 saturated carbocycles. The Bertz CT molecular complexity index is 624. The minimum Gasteiger partial charge on any atom is -0.492 e. The third kappa shape index (κ3) is 2.91. The fourth-order valence-corrected chi connectivity index (χ4v) is 1.94. The fourth-order valence-electron chi connectivity index (χ4n) is 1.94. The van der Waals surface area contributed by atoms with Crippen molar-refractivity contribution >= 4 is 17.3 Å². The van der Waals surface area contributed by atoms with Gasteiger partial charge >= 0.3 is 0 Å². The van der Waals surface area contributed by atoms with Gasteiger partial charge in [0.05, 0.1) is 12.3 Å². The van der Waals surface area contributed by atoms with Crippen LogP contribution in [0.3, 0.4) is 0 Å². The van der Waals surface area contributed by atoms with Crippen molar-refractivity contribution in [1.29, 1.82) is 0 Å². The molecule has 0 aliphatic rings. The Morgan fingerprint density at radius 2 is 1.95 bits per heavy atom. The van der Waals surface area contributed by atoms with Crippen molar-refractivity contribution in [3.05, 3.63) is 53.6 Å². The van der Waals surface area contributed by atoms with Crippen molar-refractivity contribution in [3.63, 3.8) is 0 Å². The normalized spacial score (nSPS) is 10.1. The monoisotopic (exact) mass is 270 g/mol. The molecule has 2 aromatic rings. The highest BCUT2D eigenvalue weighted by molar-refractivity contribution is 6.06. The summed E-state index contributed by atoms with van der Waals surface area (Å²) < 4.78 is 5.49. The van der Waals surface area contributed by atoms with Crippen LogP contribution in [0.15, 0.2) is 42.5 Å². The van der Waals surface area contributed by atoms with Crippen molar-refractivity contribution in [2.24, 2.45) is 0 Å². The molecule has 0 unspecified atom stereocenters. The molecule has 0 aliphatic heterocycles. The minimum atomic E-state index is -0.193. The summed E-state index contributed by atoms with van der Waals surface area (Å²) in [6.07, 6.45) is 0. The van der Waals surface area contributed by atoms with Gasteiger partial charge in [-0.25, -0.2) is 0 Å². The van der Waals surface area contributed by atoms with Gasteiger partial charge in [0.25, 0.3) is 5.91 Å². The summed E-state index contributed by atoms with van der Waals surface area (Å²) in [7, 11) is 0. The van der Waals surface area contributed by atoms with Gasteiger partial charge in [-0.1, -0.05) is 18.2 Å². The highest BCUT2D eigenvalue weighted by Crippen LogP contribution is 2.25. The van der Waals surface area contributed by atoms with E-state index < -0.39 is 0 Å². The predicted octanol–water partition coefficient (Wildman–Crippen LogP) is 3.23. The first-order valence-electron chi connectivity index (χ1n) is 6.51. The lowest BCUT2D eigenvalue weighted by Gasteiger charge is -2.12. The van der Waals surface area contributed by atoms with Gasteiger partial charge in [0, 0.05) is 11.3 Å². The van der Waals surface area contributed by atoms with E-state index in [0.29, 0.717) is 29.3 Å². The van der Waals surface area contributed by atoms with E-state index in [1.54, 1.807) is 18.2 Å². The largest absolute Gasteiger partial charge is 0.492 e. The molecule has 0 fully saturated rings. The van der Waals surface area contributed by atoms with Gasteiger partial charge in [-0.2, -0.15) is 0 Å². The van der Waals surface area contributed by atoms with Crippen LogP contribution in [0.5, 0.6) is 5.75 Å². The Morgan fingerprint density at radius 1 is 1.20 bits per heavy atom. The Kier molecular flexibility index (Phi) is 4.25. The van der Waals surface area contributed by atoms with E-state index in [2.05, 4.69) is 5.32 Å². The summed E-state index contributed by atoms with van der Waals surface area (Å²) in [6.45, 7) is 4.28. The number of hydrogen-bond acceptors (Lipinski definition) is 3. The molecule has 1 amide bonds. The van der Waals surface area contributed by atoms with Crippen LogP contribution in [-0.4, -0.2) is 12.5 Å². The first-order chi connectivity index (χ1) is 9.63. The fraction of sp³-hybridized carbons (Fsp3) is 0.188. The van der Waals surface area contributed by atoms with Crippen molar-refractivity contribution in [2.45, 2.75) is 13.8 Å². The van der Waals surface area contributed by atoms with E-state index in [-0.39, 0.29) is 5.91 Å². The van der Waals surface area contributed by atoms with Gasteiger partial charge in [-0.15, -0.1) is 0 Å². The predicted molar refractivity (Wildman–Crippen MR) is 81.2 cm³/mol. The molecular formula is C16H18N2O2. The van der Waals surface area contributed by atoms with Crippen LogP contribution in [-0.2, 0) is 0 Å². The maximum Gasteiger partial charge on any atom is 0.256 e. The summed E-state index contributed by atoms with van der Waals surface area (Å²) in [5.74, 6) is 0.465. The third-order valence-corrected chi connectivity index (χ3v) is 3.06. The first kappa shape index (κ1) is 13.9. The van der Waals surface area contributed by atoms with Crippen molar-refractivity contribution < 1.29 is 9.53 Å². The zero-order chi connectivity index (χ0) is 14.5. The molecule has 0 bridgehead atoms. The minimum absolute atomic E-state index is 0.193. The standard InChI is InChI=1S/C16H18N2O2/c1-3-20-15-10-5-4-9-14(15)18-16(19)12-7-6-8-13(17)11(12)2/h4-10H,3,17H2,1-2H3,(H,18,19). The van der Waals surface area contributed by atoms with Gasteiger partial charge in [0.1, 0.15) is 5.75 Å². The van der Waals surface area contributed by atoms with Crippen LogP contribution in [0.25, 0.3) is 0 Å². The Labute approximate surface area is 118 Å². The lowest BCUT2D eigenvalue weighted by Crippen LogP contribution is -2.15.